The molecule has 0 radical (unpaired) electrons. The Morgan fingerprint density at radius 1 is 1.15 bits per heavy atom. The van der Waals surface area contributed by atoms with Gasteiger partial charge in [0.15, 0.2) is 5.78 Å². The van der Waals surface area contributed by atoms with E-state index in [1.54, 1.807) is 12.1 Å². The zero-order chi connectivity index (χ0) is 18.9. The summed E-state index contributed by atoms with van der Waals surface area (Å²) in [6, 6.07) is 12.8. The Balaban J connectivity index is 1.95. The molecule has 6 nitrogen and oxygen atoms in total. The summed E-state index contributed by atoms with van der Waals surface area (Å²) in [5.41, 5.74) is 1.72. The number of Topliss-reactive ketones (excluding diaryl/α,β-unsaturated/α-hetero) is 1. The molecule has 2 aromatic rings. The molecule has 1 unspecified atom stereocenters. The fourth-order valence-electron chi connectivity index (χ4n) is 3.05. The summed E-state index contributed by atoms with van der Waals surface area (Å²) in [5, 5.41) is 0. The number of nitrogens with zero attached hydrogens (tertiary/aromatic N) is 1. The number of hydrogen-bond acceptors (Lipinski definition) is 5. The molecule has 0 saturated heterocycles. The molecular formula is C19H19NO5S. The minimum absolute atomic E-state index is 0.0123. The number of carbonyl (C=O) groups excluding carboxylic acids is 2. The second-order valence-corrected chi connectivity index (χ2v) is 8.10. The summed E-state index contributed by atoms with van der Waals surface area (Å²) in [6.45, 7) is 2.81. The molecule has 1 aliphatic heterocycles. The van der Waals surface area contributed by atoms with E-state index in [1.807, 2.05) is 19.1 Å². The van der Waals surface area contributed by atoms with Crippen LogP contribution in [0.15, 0.2) is 53.4 Å². The smallest absolute Gasteiger partial charge is 0.338 e. The zero-order valence-electron chi connectivity index (χ0n) is 14.5. The maximum atomic E-state index is 13.2. The van der Waals surface area contributed by atoms with Gasteiger partial charge in [0.25, 0.3) is 10.0 Å². The monoisotopic (exact) mass is 373 g/mol. The highest BCUT2D eigenvalue weighted by Gasteiger charge is 2.36. The average molecular weight is 373 g/mol. The molecule has 0 aromatic heterocycles. The largest absolute Gasteiger partial charge is 0.454 e. The van der Waals surface area contributed by atoms with Crippen molar-refractivity contribution in [2.24, 2.45) is 0 Å². The van der Waals surface area contributed by atoms with E-state index >= 15 is 0 Å². The third-order valence-electron chi connectivity index (χ3n) is 4.18. The molecule has 0 bridgehead atoms. The minimum Gasteiger partial charge on any atom is -0.454 e. The van der Waals surface area contributed by atoms with Gasteiger partial charge in [-0.3, -0.25) is 9.10 Å². The highest BCUT2D eigenvalue weighted by Crippen LogP contribution is 2.36. The Morgan fingerprint density at radius 2 is 1.88 bits per heavy atom. The van der Waals surface area contributed by atoms with Crippen LogP contribution in [0.2, 0.25) is 0 Å². The molecule has 1 heterocycles. The number of esters is 1. The quantitative estimate of drug-likeness (QED) is 0.753. The van der Waals surface area contributed by atoms with E-state index in [2.05, 4.69) is 0 Å². The van der Waals surface area contributed by atoms with Gasteiger partial charge in [-0.2, -0.15) is 0 Å². The average Bonchev–Trinajstić information content (AvgIpc) is 2.96. The first kappa shape index (κ1) is 18.1. The number of sulfonamides is 1. The Bertz CT molecular complexity index is 967. The van der Waals surface area contributed by atoms with Gasteiger partial charge in [-0.25, -0.2) is 13.2 Å². The van der Waals surface area contributed by atoms with Gasteiger partial charge >= 0.3 is 5.97 Å². The third-order valence-corrected chi connectivity index (χ3v) is 6.10. The summed E-state index contributed by atoms with van der Waals surface area (Å²) in [4.78, 5) is 23.0. The second-order valence-electron chi connectivity index (χ2n) is 6.29. The van der Waals surface area contributed by atoms with Gasteiger partial charge in [-0.1, -0.05) is 24.3 Å². The number of fused-ring (bicyclic) bond motifs is 1. The Kier molecular flexibility index (Phi) is 4.82. The second kappa shape index (κ2) is 6.92. The minimum atomic E-state index is -3.83. The van der Waals surface area contributed by atoms with E-state index < -0.39 is 16.0 Å². The number of hydrogen-bond donors (Lipinski definition) is 0. The molecule has 2 aromatic carbocycles. The first-order valence-electron chi connectivity index (χ1n) is 8.19. The molecule has 1 atom stereocenters. The number of carbonyl (C=O) groups is 2. The van der Waals surface area contributed by atoms with Gasteiger partial charge in [0.2, 0.25) is 0 Å². The lowest BCUT2D eigenvalue weighted by molar-refractivity contribution is -0.120. The summed E-state index contributed by atoms with van der Waals surface area (Å²) < 4.78 is 32.6. The predicted molar refractivity (Wildman–Crippen MR) is 96.7 cm³/mol. The van der Waals surface area contributed by atoms with Crippen LogP contribution >= 0.6 is 0 Å². The van der Waals surface area contributed by atoms with E-state index in [0.717, 1.165) is 5.56 Å². The van der Waals surface area contributed by atoms with Crippen molar-refractivity contribution in [2.45, 2.75) is 31.2 Å². The van der Waals surface area contributed by atoms with Crippen molar-refractivity contribution in [3.63, 3.8) is 0 Å². The number of benzene rings is 2. The summed E-state index contributed by atoms with van der Waals surface area (Å²) in [6.07, 6.45) is 0.635. The van der Waals surface area contributed by atoms with E-state index in [4.69, 9.17) is 4.74 Å². The van der Waals surface area contributed by atoms with Crippen LogP contribution < -0.4 is 4.31 Å². The molecular weight excluding hydrogens is 354 g/mol. The standard InChI is InChI=1S/C19H19NO5S/c1-13-10-15-6-3-4-9-18(15)20(13)26(23,24)17-8-5-7-16(11-17)19(22)25-12-14(2)21/h3-9,11,13H,10,12H2,1-2H3. The summed E-state index contributed by atoms with van der Waals surface area (Å²) in [5.74, 6) is -1.02. The van der Waals surface area contributed by atoms with E-state index in [1.165, 1.54) is 35.5 Å². The van der Waals surface area contributed by atoms with E-state index in [9.17, 15) is 18.0 Å². The molecule has 0 spiro atoms. The molecule has 0 fully saturated rings. The van der Waals surface area contributed by atoms with Crippen molar-refractivity contribution < 1.29 is 22.7 Å². The first-order chi connectivity index (χ1) is 12.3. The van der Waals surface area contributed by atoms with Crippen LogP contribution in [0.1, 0.15) is 29.8 Å². The lowest BCUT2D eigenvalue weighted by Gasteiger charge is -2.24. The van der Waals surface area contributed by atoms with Crippen molar-refractivity contribution in [3.8, 4) is 0 Å². The topological polar surface area (TPSA) is 80.8 Å². The molecule has 0 amide bonds. The van der Waals surface area contributed by atoms with Gasteiger partial charge in [0, 0.05) is 6.04 Å². The van der Waals surface area contributed by atoms with Crippen LogP contribution in [0.3, 0.4) is 0 Å². The fraction of sp³-hybridized carbons (Fsp3) is 0.263. The van der Waals surface area contributed by atoms with Gasteiger partial charge < -0.3 is 4.74 Å². The normalized spacial score (nSPS) is 16.2. The Morgan fingerprint density at radius 3 is 2.62 bits per heavy atom. The molecule has 7 heteroatoms. The number of ether oxygens (including phenoxy) is 1. The summed E-state index contributed by atoms with van der Waals surface area (Å²) >= 11 is 0. The lowest BCUT2D eigenvalue weighted by Crippen LogP contribution is -2.35. The Hall–Kier alpha value is -2.67. The molecule has 0 aliphatic carbocycles. The zero-order valence-corrected chi connectivity index (χ0v) is 15.3. The molecule has 1 aliphatic rings. The van der Waals surface area contributed by atoms with Crippen molar-refractivity contribution in [1.82, 2.24) is 0 Å². The van der Waals surface area contributed by atoms with Crippen LogP contribution in [-0.4, -0.2) is 32.8 Å². The van der Waals surface area contributed by atoms with E-state index in [0.29, 0.717) is 12.1 Å². The van der Waals surface area contributed by atoms with Gasteiger partial charge in [-0.15, -0.1) is 0 Å². The van der Waals surface area contributed by atoms with Crippen LogP contribution in [0.4, 0.5) is 5.69 Å². The number of para-hydroxylation sites is 1. The number of rotatable bonds is 5. The molecule has 26 heavy (non-hydrogen) atoms. The molecule has 0 saturated carbocycles. The third kappa shape index (κ3) is 3.35. The van der Waals surface area contributed by atoms with E-state index in [-0.39, 0.29) is 28.9 Å². The number of anilines is 1. The lowest BCUT2D eigenvalue weighted by atomic mass is 10.1. The van der Waals surface area contributed by atoms with Crippen LogP contribution in [0, 0.1) is 0 Å². The SMILES string of the molecule is CC(=O)COC(=O)c1cccc(S(=O)(=O)N2c3ccccc3CC2C)c1. The van der Waals surface area contributed by atoms with Crippen LogP contribution in [-0.2, 0) is 26.0 Å². The Labute approximate surface area is 152 Å². The van der Waals surface area contributed by atoms with Gasteiger partial charge in [0.05, 0.1) is 16.1 Å². The predicted octanol–water partition coefficient (Wildman–Crippen LogP) is 2.57. The molecule has 136 valence electrons. The molecule has 3 rings (SSSR count). The maximum Gasteiger partial charge on any atom is 0.338 e. The summed E-state index contributed by atoms with van der Waals surface area (Å²) in [7, 11) is -3.83. The highest BCUT2D eigenvalue weighted by molar-refractivity contribution is 7.92. The van der Waals surface area contributed by atoms with Crippen molar-refractivity contribution in [2.75, 3.05) is 10.9 Å². The fourth-order valence-corrected chi connectivity index (χ4v) is 4.79. The van der Waals surface area contributed by atoms with Crippen molar-refractivity contribution in [1.29, 1.82) is 0 Å². The number of ketones is 1. The van der Waals surface area contributed by atoms with Crippen LogP contribution in [0.5, 0.6) is 0 Å². The maximum absolute atomic E-state index is 13.2. The van der Waals surface area contributed by atoms with Crippen LogP contribution in [0.25, 0.3) is 0 Å². The molecule has 0 N–H and O–H groups in total. The first-order valence-corrected chi connectivity index (χ1v) is 9.63. The highest BCUT2D eigenvalue weighted by atomic mass is 32.2. The van der Waals surface area contributed by atoms with Crippen molar-refractivity contribution in [3.05, 3.63) is 59.7 Å². The van der Waals surface area contributed by atoms with Gasteiger partial charge in [0.1, 0.15) is 6.61 Å². The van der Waals surface area contributed by atoms with Gasteiger partial charge in [-0.05, 0) is 50.1 Å². The van der Waals surface area contributed by atoms with Crippen molar-refractivity contribution >= 4 is 27.5 Å².